The molecule has 0 atom stereocenters. The van der Waals surface area contributed by atoms with E-state index < -0.39 is 0 Å². The first-order chi connectivity index (χ1) is 10.8. The van der Waals surface area contributed by atoms with E-state index in [9.17, 15) is 0 Å². The first-order valence-electron chi connectivity index (χ1n) is 8.24. The van der Waals surface area contributed by atoms with Gasteiger partial charge in [0, 0.05) is 40.3 Å². The van der Waals surface area contributed by atoms with E-state index in [1.165, 1.54) is 25.7 Å². The quantitative estimate of drug-likeness (QED) is 0.374. The normalized spacial score (nSPS) is 16.9. The molecule has 0 aromatic carbocycles. The van der Waals surface area contributed by atoms with Crippen molar-refractivity contribution in [3.05, 3.63) is 24.2 Å². The van der Waals surface area contributed by atoms with Crippen LogP contribution in [-0.4, -0.2) is 39.8 Å². The van der Waals surface area contributed by atoms with Crippen LogP contribution < -0.4 is 10.6 Å². The Labute approximate surface area is 156 Å². The third kappa shape index (κ3) is 6.71. The van der Waals surface area contributed by atoms with Crippen LogP contribution in [0.4, 0.5) is 0 Å². The lowest BCUT2D eigenvalue weighted by molar-refractivity contribution is 0.138. The van der Waals surface area contributed by atoms with E-state index in [-0.39, 0.29) is 24.0 Å². The monoisotopic (exact) mass is 435 g/mol. The minimum atomic E-state index is 0. The van der Waals surface area contributed by atoms with Gasteiger partial charge in [0.05, 0.1) is 6.26 Å². The zero-order chi connectivity index (χ0) is 15.7. The number of hydrogen-bond acceptors (Lipinski definition) is 3. The van der Waals surface area contributed by atoms with Gasteiger partial charge in [-0.1, -0.05) is 12.8 Å². The third-order valence-electron chi connectivity index (χ3n) is 4.60. The van der Waals surface area contributed by atoms with Crippen molar-refractivity contribution in [1.29, 1.82) is 0 Å². The molecule has 1 fully saturated rings. The summed E-state index contributed by atoms with van der Waals surface area (Å²) < 4.78 is 10.6. The zero-order valence-corrected chi connectivity index (χ0v) is 16.6. The van der Waals surface area contributed by atoms with Crippen molar-refractivity contribution in [3.63, 3.8) is 0 Å². The summed E-state index contributed by atoms with van der Waals surface area (Å²) >= 11 is 0. The molecular weight excluding hydrogens is 405 g/mol. The third-order valence-corrected chi connectivity index (χ3v) is 4.60. The molecule has 23 heavy (non-hydrogen) atoms. The van der Waals surface area contributed by atoms with E-state index in [1.54, 1.807) is 13.4 Å². The fourth-order valence-electron chi connectivity index (χ4n) is 3.21. The van der Waals surface area contributed by atoms with Crippen molar-refractivity contribution in [1.82, 2.24) is 10.6 Å². The first kappa shape index (κ1) is 20.3. The molecule has 0 unspecified atom stereocenters. The van der Waals surface area contributed by atoms with Gasteiger partial charge in [-0.25, -0.2) is 0 Å². The molecule has 0 bridgehead atoms. The Hall–Kier alpha value is -0.760. The fourth-order valence-corrected chi connectivity index (χ4v) is 3.21. The maximum absolute atomic E-state index is 5.34. The maximum atomic E-state index is 5.34. The molecule has 0 saturated heterocycles. The summed E-state index contributed by atoms with van der Waals surface area (Å²) in [4.78, 5) is 4.31. The smallest absolute Gasteiger partial charge is 0.191 e. The minimum Gasteiger partial charge on any atom is -0.469 e. The Kier molecular flexibility index (Phi) is 9.62. The molecule has 6 heteroatoms. The highest BCUT2D eigenvalue weighted by molar-refractivity contribution is 14.0. The topological polar surface area (TPSA) is 58.8 Å². The highest BCUT2D eigenvalue weighted by atomic mass is 127. The molecule has 1 aliphatic rings. The van der Waals surface area contributed by atoms with Gasteiger partial charge in [-0.3, -0.25) is 4.99 Å². The molecule has 2 rings (SSSR count). The maximum Gasteiger partial charge on any atom is 0.191 e. The molecule has 0 spiro atoms. The van der Waals surface area contributed by atoms with Crippen LogP contribution in [-0.2, 0) is 11.2 Å². The molecule has 2 N–H and O–H groups in total. The van der Waals surface area contributed by atoms with E-state index in [4.69, 9.17) is 9.15 Å². The summed E-state index contributed by atoms with van der Waals surface area (Å²) in [6.07, 6.45) is 8.93. The standard InChI is InChI=1S/C17H29N3O2.HI/c1-18-16(19-11-7-15-6-5-12-22-15)20-14-17(10-13-21-2)8-3-4-9-17;/h5-6,12H,3-4,7-11,13-14H2,1-2H3,(H2,18,19,20);1H. The molecule has 1 aromatic heterocycles. The average molecular weight is 435 g/mol. The summed E-state index contributed by atoms with van der Waals surface area (Å²) in [7, 11) is 3.60. The van der Waals surface area contributed by atoms with Crippen molar-refractivity contribution >= 4 is 29.9 Å². The Morgan fingerprint density at radius 1 is 1.35 bits per heavy atom. The number of guanidine groups is 1. The number of hydrogen-bond donors (Lipinski definition) is 2. The Bertz CT molecular complexity index is 443. The summed E-state index contributed by atoms with van der Waals surface area (Å²) in [6, 6.07) is 3.91. The number of nitrogens with zero attached hydrogens (tertiary/aromatic N) is 1. The molecule has 1 heterocycles. The van der Waals surface area contributed by atoms with Crippen LogP contribution in [0.25, 0.3) is 0 Å². The van der Waals surface area contributed by atoms with Crippen molar-refractivity contribution in [2.45, 2.75) is 38.5 Å². The lowest BCUT2D eigenvalue weighted by atomic mass is 9.83. The predicted molar refractivity (Wildman–Crippen MR) is 105 cm³/mol. The van der Waals surface area contributed by atoms with E-state index in [2.05, 4.69) is 15.6 Å². The molecule has 0 radical (unpaired) electrons. The second kappa shape index (κ2) is 10.9. The van der Waals surface area contributed by atoms with Crippen LogP contribution in [0, 0.1) is 5.41 Å². The van der Waals surface area contributed by atoms with Gasteiger partial charge in [0.25, 0.3) is 0 Å². The SMILES string of the molecule is CN=C(NCCc1ccco1)NCC1(CCOC)CCCC1.I. The lowest BCUT2D eigenvalue weighted by Gasteiger charge is -2.29. The fraction of sp³-hybridized carbons (Fsp3) is 0.706. The summed E-state index contributed by atoms with van der Waals surface area (Å²) in [6.45, 7) is 2.63. The van der Waals surface area contributed by atoms with Crippen molar-refractivity contribution in [3.8, 4) is 0 Å². The molecule has 0 aliphatic heterocycles. The van der Waals surface area contributed by atoms with Crippen LogP contribution in [0.3, 0.4) is 0 Å². The lowest BCUT2D eigenvalue weighted by Crippen LogP contribution is -2.43. The van der Waals surface area contributed by atoms with Crippen molar-refractivity contribution < 1.29 is 9.15 Å². The predicted octanol–water partition coefficient (Wildman–Crippen LogP) is 3.20. The zero-order valence-electron chi connectivity index (χ0n) is 14.3. The molecular formula is C17H30IN3O2. The Morgan fingerprint density at radius 3 is 2.74 bits per heavy atom. The van der Waals surface area contributed by atoms with Gasteiger partial charge in [0.2, 0.25) is 0 Å². The van der Waals surface area contributed by atoms with Gasteiger partial charge in [-0.2, -0.15) is 0 Å². The van der Waals surface area contributed by atoms with Crippen LogP contribution in [0.2, 0.25) is 0 Å². The van der Waals surface area contributed by atoms with Gasteiger partial charge >= 0.3 is 0 Å². The van der Waals surface area contributed by atoms with Gasteiger partial charge < -0.3 is 19.8 Å². The van der Waals surface area contributed by atoms with Crippen molar-refractivity contribution in [2.75, 3.05) is 33.9 Å². The number of furan rings is 1. The number of nitrogens with one attached hydrogen (secondary N) is 2. The van der Waals surface area contributed by atoms with Gasteiger partial charge in [0.15, 0.2) is 5.96 Å². The number of halogens is 1. The van der Waals surface area contributed by atoms with Crippen molar-refractivity contribution in [2.24, 2.45) is 10.4 Å². The highest BCUT2D eigenvalue weighted by Crippen LogP contribution is 2.40. The van der Waals surface area contributed by atoms with Crippen LogP contribution in [0.15, 0.2) is 27.8 Å². The van der Waals surface area contributed by atoms with E-state index in [1.807, 2.05) is 19.2 Å². The number of ether oxygens (including phenoxy) is 1. The molecule has 1 aromatic rings. The summed E-state index contributed by atoms with van der Waals surface area (Å²) in [5, 5.41) is 6.85. The number of methoxy groups -OCH3 is 1. The first-order valence-corrected chi connectivity index (χ1v) is 8.24. The molecule has 132 valence electrons. The van der Waals surface area contributed by atoms with Crippen LogP contribution in [0.1, 0.15) is 37.9 Å². The Balaban J connectivity index is 0.00000264. The van der Waals surface area contributed by atoms with Gasteiger partial charge in [-0.15, -0.1) is 24.0 Å². The number of aliphatic imine (C=N–C) groups is 1. The summed E-state index contributed by atoms with van der Waals surface area (Å²) in [5.41, 5.74) is 0.370. The highest BCUT2D eigenvalue weighted by Gasteiger charge is 2.33. The molecule has 0 amide bonds. The second-order valence-electron chi connectivity index (χ2n) is 6.13. The van der Waals surface area contributed by atoms with Gasteiger partial charge in [0.1, 0.15) is 5.76 Å². The molecule has 1 aliphatic carbocycles. The largest absolute Gasteiger partial charge is 0.469 e. The van der Waals surface area contributed by atoms with E-state index in [0.717, 1.165) is 44.3 Å². The van der Waals surface area contributed by atoms with Crippen LogP contribution in [0.5, 0.6) is 0 Å². The molecule has 5 nitrogen and oxygen atoms in total. The Morgan fingerprint density at radius 2 is 2.13 bits per heavy atom. The van der Waals surface area contributed by atoms with Gasteiger partial charge in [-0.05, 0) is 36.8 Å². The summed E-state index contributed by atoms with van der Waals surface area (Å²) in [5.74, 6) is 1.87. The van der Waals surface area contributed by atoms with Crippen LogP contribution >= 0.6 is 24.0 Å². The molecule has 1 saturated carbocycles. The van der Waals surface area contributed by atoms with E-state index >= 15 is 0 Å². The number of rotatable bonds is 8. The van der Waals surface area contributed by atoms with E-state index in [0.29, 0.717) is 5.41 Å². The minimum absolute atomic E-state index is 0. The average Bonchev–Trinajstić information content (AvgIpc) is 3.21. The second-order valence-corrected chi connectivity index (χ2v) is 6.13.